The Morgan fingerprint density at radius 3 is 2.79 bits per heavy atom. The van der Waals surface area contributed by atoms with Crippen molar-refractivity contribution in [2.45, 2.75) is 46.1 Å². The second kappa shape index (κ2) is 9.10. The van der Waals surface area contributed by atoms with Crippen molar-refractivity contribution in [3.05, 3.63) is 18.0 Å². The lowest BCUT2D eigenvalue weighted by atomic mass is 9.98. The molecular weight excluding hydrogens is 238 g/mol. The third-order valence-corrected chi connectivity index (χ3v) is 3.30. The highest BCUT2D eigenvalue weighted by Crippen LogP contribution is 2.13. The van der Waals surface area contributed by atoms with Gasteiger partial charge in [-0.05, 0) is 45.2 Å². The van der Waals surface area contributed by atoms with Crippen LogP contribution in [0.2, 0.25) is 0 Å². The van der Waals surface area contributed by atoms with Gasteiger partial charge in [-0.2, -0.15) is 5.10 Å². The lowest BCUT2D eigenvalue weighted by Gasteiger charge is -2.15. The van der Waals surface area contributed by atoms with E-state index in [9.17, 15) is 0 Å². The first-order valence-electron chi connectivity index (χ1n) is 7.41. The van der Waals surface area contributed by atoms with Crippen molar-refractivity contribution in [3.8, 4) is 0 Å². The van der Waals surface area contributed by atoms with Gasteiger partial charge in [0.15, 0.2) is 0 Å². The summed E-state index contributed by atoms with van der Waals surface area (Å²) in [6, 6.07) is 2.59. The molecule has 0 amide bonds. The SMILES string of the molecule is CCCC(CNCCOC)Cc1ccn(C(C)C)n1. The lowest BCUT2D eigenvalue weighted by molar-refractivity contribution is 0.197. The van der Waals surface area contributed by atoms with E-state index in [-0.39, 0.29) is 0 Å². The van der Waals surface area contributed by atoms with Gasteiger partial charge in [-0.3, -0.25) is 4.68 Å². The van der Waals surface area contributed by atoms with Gasteiger partial charge in [0.1, 0.15) is 0 Å². The van der Waals surface area contributed by atoms with E-state index in [0.29, 0.717) is 12.0 Å². The van der Waals surface area contributed by atoms with E-state index in [1.165, 1.54) is 18.5 Å². The van der Waals surface area contributed by atoms with Gasteiger partial charge in [-0.15, -0.1) is 0 Å². The van der Waals surface area contributed by atoms with Gasteiger partial charge in [-0.25, -0.2) is 0 Å². The van der Waals surface area contributed by atoms with Crippen LogP contribution in [-0.4, -0.2) is 36.6 Å². The summed E-state index contributed by atoms with van der Waals surface area (Å²) in [6.07, 6.45) is 5.62. The molecule has 1 rings (SSSR count). The van der Waals surface area contributed by atoms with Crippen molar-refractivity contribution in [2.75, 3.05) is 26.8 Å². The number of ether oxygens (including phenoxy) is 1. The number of hydrogen-bond donors (Lipinski definition) is 1. The van der Waals surface area contributed by atoms with Gasteiger partial charge in [0, 0.05) is 25.9 Å². The Labute approximate surface area is 117 Å². The number of methoxy groups -OCH3 is 1. The molecule has 0 aliphatic heterocycles. The topological polar surface area (TPSA) is 39.1 Å². The molecule has 1 heterocycles. The zero-order valence-electron chi connectivity index (χ0n) is 12.9. The molecule has 0 saturated carbocycles. The quantitative estimate of drug-likeness (QED) is 0.662. The predicted molar refractivity (Wildman–Crippen MR) is 79.5 cm³/mol. The van der Waals surface area contributed by atoms with Crippen molar-refractivity contribution in [1.29, 1.82) is 0 Å². The second-order valence-electron chi connectivity index (χ2n) is 5.44. The molecule has 1 aromatic heterocycles. The first kappa shape index (κ1) is 16.2. The average molecular weight is 267 g/mol. The highest BCUT2D eigenvalue weighted by atomic mass is 16.5. The molecule has 0 fully saturated rings. The maximum absolute atomic E-state index is 5.05. The van der Waals surface area contributed by atoms with E-state index in [4.69, 9.17) is 4.74 Å². The molecule has 0 saturated heterocycles. The summed E-state index contributed by atoms with van der Waals surface area (Å²) in [6.45, 7) is 9.32. The Morgan fingerprint density at radius 1 is 1.42 bits per heavy atom. The maximum atomic E-state index is 5.05. The highest BCUT2D eigenvalue weighted by molar-refractivity contribution is 5.01. The number of nitrogens with zero attached hydrogens (tertiary/aromatic N) is 2. The maximum Gasteiger partial charge on any atom is 0.0627 e. The molecule has 4 nitrogen and oxygen atoms in total. The first-order valence-corrected chi connectivity index (χ1v) is 7.41. The standard InChI is InChI=1S/C15H29N3O/c1-5-6-14(12-16-8-10-19-4)11-15-7-9-18(17-15)13(2)3/h7,9,13-14,16H,5-6,8,10-12H2,1-4H3. The summed E-state index contributed by atoms with van der Waals surface area (Å²) in [5.74, 6) is 0.664. The zero-order valence-corrected chi connectivity index (χ0v) is 12.9. The van der Waals surface area contributed by atoms with Crippen LogP contribution < -0.4 is 5.32 Å². The minimum Gasteiger partial charge on any atom is -0.383 e. The molecule has 0 aliphatic rings. The van der Waals surface area contributed by atoms with E-state index in [1.54, 1.807) is 7.11 Å². The third kappa shape index (κ3) is 6.21. The Bertz CT molecular complexity index is 336. The van der Waals surface area contributed by atoms with Crippen LogP contribution in [0.3, 0.4) is 0 Å². The monoisotopic (exact) mass is 267 g/mol. The molecule has 0 aliphatic carbocycles. The van der Waals surface area contributed by atoms with E-state index < -0.39 is 0 Å². The van der Waals surface area contributed by atoms with Crippen molar-refractivity contribution < 1.29 is 4.74 Å². The van der Waals surface area contributed by atoms with Crippen LogP contribution in [0, 0.1) is 5.92 Å². The number of hydrogen-bond acceptors (Lipinski definition) is 3. The van der Waals surface area contributed by atoms with Crippen molar-refractivity contribution >= 4 is 0 Å². The Kier molecular flexibility index (Phi) is 7.75. The molecule has 19 heavy (non-hydrogen) atoms. The first-order chi connectivity index (χ1) is 9.17. The average Bonchev–Trinajstić information content (AvgIpc) is 2.83. The number of nitrogens with one attached hydrogen (secondary N) is 1. The van der Waals surface area contributed by atoms with E-state index in [1.807, 2.05) is 4.68 Å². The Hall–Kier alpha value is -0.870. The summed E-state index contributed by atoms with van der Waals surface area (Å²) in [4.78, 5) is 0. The van der Waals surface area contributed by atoms with Crippen LogP contribution >= 0.6 is 0 Å². The smallest absolute Gasteiger partial charge is 0.0627 e. The third-order valence-electron chi connectivity index (χ3n) is 3.30. The van der Waals surface area contributed by atoms with E-state index in [0.717, 1.165) is 26.1 Å². The largest absolute Gasteiger partial charge is 0.383 e. The summed E-state index contributed by atoms with van der Waals surface area (Å²) < 4.78 is 7.09. The molecule has 0 spiro atoms. The molecule has 1 atom stereocenters. The zero-order chi connectivity index (χ0) is 14.1. The van der Waals surface area contributed by atoms with E-state index in [2.05, 4.69) is 43.4 Å². The summed E-state index contributed by atoms with van der Waals surface area (Å²) >= 11 is 0. The number of aromatic nitrogens is 2. The van der Waals surface area contributed by atoms with Gasteiger partial charge in [-0.1, -0.05) is 13.3 Å². The molecule has 1 aromatic rings. The minimum atomic E-state index is 0.443. The number of rotatable bonds is 10. The van der Waals surface area contributed by atoms with Crippen LogP contribution in [-0.2, 0) is 11.2 Å². The van der Waals surface area contributed by atoms with Crippen molar-refractivity contribution in [1.82, 2.24) is 15.1 Å². The van der Waals surface area contributed by atoms with Crippen molar-refractivity contribution in [3.63, 3.8) is 0 Å². The molecule has 4 heteroatoms. The fourth-order valence-electron chi connectivity index (χ4n) is 2.23. The van der Waals surface area contributed by atoms with E-state index >= 15 is 0 Å². The Balaban J connectivity index is 2.42. The van der Waals surface area contributed by atoms with Crippen LogP contribution in [0.1, 0.15) is 45.3 Å². The van der Waals surface area contributed by atoms with Gasteiger partial charge in [0.25, 0.3) is 0 Å². The summed E-state index contributed by atoms with van der Waals surface area (Å²) in [5.41, 5.74) is 1.21. The van der Waals surface area contributed by atoms with Crippen LogP contribution in [0.4, 0.5) is 0 Å². The predicted octanol–water partition coefficient (Wildman–Crippen LogP) is 2.66. The normalized spacial score (nSPS) is 13.1. The molecule has 0 radical (unpaired) electrons. The molecule has 0 aromatic carbocycles. The summed E-state index contributed by atoms with van der Waals surface area (Å²) in [5, 5.41) is 8.10. The van der Waals surface area contributed by atoms with Crippen LogP contribution in [0.25, 0.3) is 0 Å². The molecule has 1 unspecified atom stereocenters. The molecule has 1 N–H and O–H groups in total. The Morgan fingerprint density at radius 2 is 2.21 bits per heavy atom. The molecule has 0 bridgehead atoms. The lowest BCUT2D eigenvalue weighted by Crippen LogP contribution is -2.27. The van der Waals surface area contributed by atoms with Crippen LogP contribution in [0.5, 0.6) is 0 Å². The minimum absolute atomic E-state index is 0.443. The van der Waals surface area contributed by atoms with Gasteiger partial charge >= 0.3 is 0 Å². The summed E-state index contributed by atoms with van der Waals surface area (Å²) in [7, 11) is 1.74. The molecular formula is C15H29N3O. The van der Waals surface area contributed by atoms with Gasteiger partial charge in [0.2, 0.25) is 0 Å². The van der Waals surface area contributed by atoms with Crippen LogP contribution in [0.15, 0.2) is 12.3 Å². The van der Waals surface area contributed by atoms with Gasteiger partial charge < -0.3 is 10.1 Å². The van der Waals surface area contributed by atoms with Gasteiger partial charge in [0.05, 0.1) is 12.3 Å². The fraction of sp³-hybridized carbons (Fsp3) is 0.800. The fourth-order valence-corrected chi connectivity index (χ4v) is 2.23. The molecule has 110 valence electrons. The second-order valence-corrected chi connectivity index (χ2v) is 5.44. The highest BCUT2D eigenvalue weighted by Gasteiger charge is 2.11. The van der Waals surface area contributed by atoms with Crippen molar-refractivity contribution in [2.24, 2.45) is 5.92 Å².